The molecule has 0 radical (unpaired) electrons. The SMILES string of the molecule is CO[C@H]1O[C@H](C(O)C(=O)c2ccccc2)[C@](O)(Cc2ccccc2)[C@H](O)[C@@]1(O)Cc1ccccc1. The first kappa shape index (κ1) is 25.2. The standard InChI is InChI=1S/C28H30O7/c1-34-26-28(33,18-20-13-7-3-8-14-20)25(31)27(32,17-19-11-5-2-6-12-19)24(35-26)23(30)22(29)21-15-9-4-10-16-21/h2-16,23-26,30-33H,17-18H2,1H3/t23?,24-,25+,26+,27-,28+/m1/s1. The third-order valence-corrected chi connectivity index (χ3v) is 6.61. The van der Waals surface area contributed by atoms with Gasteiger partial charge in [-0.05, 0) is 11.1 Å². The molecule has 0 aromatic heterocycles. The lowest BCUT2D eigenvalue weighted by molar-refractivity contribution is -0.367. The minimum absolute atomic E-state index is 0.0972. The summed E-state index contributed by atoms with van der Waals surface area (Å²) >= 11 is 0. The topological polar surface area (TPSA) is 116 Å². The van der Waals surface area contributed by atoms with E-state index < -0.39 is 41.6 Å². The third-order valence-electron chi connectivity index (χ3n) is 6.61. The van der Waals surface area contributed by atoms with Crippen LogP contribution in [0.1, 0.15) is 21.5 Å². The number of hydrogen-bond acceptors (Lipinski definition) is 7. The number of hydrogen-bond donors (Lipinski definition) is 4. The van der Waals surface area contributed by atoms with Crippen LogP contribution in [0.15, 0.2) is 91.0 Å². The quantitative estimate of drug-likeness (QED) is 0.366. The number of Topliss-reactive ketones (excluding diaryl/α,β-unsaturated/α-hetero) is 1. The van der Waals surface area contributed by atoms with Gasteiger partial charge in [-0.1, -0.05) is 91.0 Å². The molecule has 3 aromatic rings. The smallest absolute Gasteiger partial charge is 0.194 e. The normalized spacial score (nSPS) is 29.5. The molecule has 35 heavy (non-hydrogen) atoms. The summed E-state index contributed by atoms with van der Waals surface area (Å²) in [5, 5.41) is 46.3. The van der Waals surface area contributed by atoms with E-state index in [0.29, 0.717) is 11.1 Å². The molecule has 1 saturated heterocycles. The van der Waals surface area contributed by atoms with Gasteiger partial charge in [0.1, 0.15) is 29.5 Å². The molecule has 0 amide bonds. The van der Waals surface area contributed by atoms with E-state index in [1.165, 1.54) is 7.11 Å². The Balaban J connectivity index is 1.75. The molecule has 1 unspecified atom stereocenters. The van der Waals surface area contributed by atoms with Crippen molar-refractivity contribution in [1.82, 2.24) is 0 Å². The monoisotopic (exact) mass is 478 g/mol. The van der Waals surface area contributed by atoms with Gasteiger partial charge in [0.25, 0.3) is 0 Å². The lowest BCUT2D eigenvalue weighted by Crippen LogP contribution is -2.76. The van der Waals surface area contributed by atoms with Gasteiger partial charge in [0.05, 0.1) is 0 Å². The molecule has 7 heteroatoms. The number of ketones is 1. The molecule has 0 spiro atoms. The largest absolute Gasteiger partial charge is 0.387 e. The molecule has 0 aliphatic carbocycles. The van der Waals surface area contributed by atoms with Crippen molar-refractivity contribution in [2.45, 2.75) is 48.6 Å². The van der Waals surface area contributed by atoms with Crippen LogP contribution in [-0.4, -0.2) is 69.1 Å². The molecule has 4 rings (SSSR count). The molecule has 0 saturated carbocycles. The highest BCUT2D eigenvalue weighted by Crippen LogP contribution is 2.42. The first-order valence-electron chi connectivity index (χ1n) is 11.5. The Morgan fingerprint density at radius 3 is 1.80 bits per heavy atom. The number of aliphatic hydroxyl groups excluding tert-OH is 2. The molecule has 6 atom stereocenters. The second-order valence-corrected chi connectivity index (χ2v) is 9.01. The summed E-state index contributed by atoms with van der Waals surface area (Å²) < 4.78 is 11.3. The number of rotatable bonds is 8. The maximum atomic E-state index is 13.1. The zero-order valence-corrected chi connectivity index (χ0v) is 19.4. The zero-order valence-electron chi connectivity index (χ0n) is 19.4. The Morgan fingerprint density at radius 1 is 0.857 bits per heavy atom. The van der Waals surface area contributed by atoms with E-state index in [0.717, 1.165) is 0 Å². The van der Waals surface area contributed by atoms with Crippen molar-refractivity contribution in [1.29, 1.82) is 0 Å². The van der Waals surface area contributed by atoms with Crippen LogP contribution in [0.4, 0.5) is 0 Å². The van der Waals surface area contributed by atoms with Crippen LogP contribution in [-0.2, 0) is 22.3 Å². The molecule has 7 nitrogen and oxygen atoms in total. The van der Waals surface area contributed by atoms with Gasteiger partial charge in [-0.25, -0.2) is 0 Å². The maximum absolute atomic E-state index is 13.1. The van der Waals surface area contributed by atoms with Gasteiger partial charge < -0.3 is 29.9 Å². The summed E-state index contributed by atoms with van der Waals surface area (Å²) in [6, 6.07) is 25.9. The summed E-state index contributed by atoms with van der Waals surface area (Å²) in [5.74, 6) is -0.683. The summed E-state index contributed by atoms with van der Waals surface area (Å²) in [7, 11) is 1.29. The van der Waals surface area contributed by atoms with Gasteiger partial charge >= 0.3 is 0 Å². The van der Waals surface area contributed by atoms with Crippen LogP contribution in [0.25, 0.3) is 0 Å². The van der Waals surface area contributed by atoms with Gasteiger partial charge in [-0.2, -0.15) is 0 Å². The number of aliphatic hydroxyl groups is 4. The van der Waals surface area contributed by atoms with E-state index in [1.54, 1.807) is 84.9 Å². The Labute approximate surface area is 204 Å². The molecular weight excluding hydrogens is 448 g/mol. The molecular formula is C28H30O7. The van der Waals surface area contributed by atoms with E-state index >= 15 is 0 Å². The predicted molar refractivity (Wildman–Crippen MR) is 129 cm³/mol. The van der Waals surface area contributed by atoms with Crippen LogP contribution in [0.2, 0.25) is 0 Å². The van der Waals surface area contributed by atoms with Crippen LogP contribution < -0.4 is 0 Å². The fraction of sp³-hybridized carbons (Fsp3) is 0.321. The first-order chi connectivity index (χ1) is 16.8. The molecule has 0 bridgehead atoms. The second kappa shape index (κ2) is 10.4. The van der Waals surface area contributed by atoms with Crippen LogP contribution in [0, 0.1) is 0 Å². The number of ether oxygens (including phenoxy) is 2. The number of methoxy groups -OCH3 is 1. The van der Waals surface area contributed by atoms with Crippen molar-refractivity contribution in [2.75, 3.05) is 7.11 Å². The summed E-state index contributed by atoms with van der Waals surface area (Å²) in [6.07, 6.45) is -6.98. The molecule has 1 aliphatic rings. The second-order valence-electron chi connectivity index (χ2n) is 9.01. The summed E-state index contributed by atoms with van der Waals surface area (Å²) in [6.45, 7) is 0. The van der Waals surface area contributed by atoms with Gasteiger partial charge in [0.2, 0.25) is 0 Å². The van der Waals surface area contributed by atoms with E-state index in [2.05, 4.69) is 0 Å². The fourth-order valence-corrected chi connectivity index (χ4v) is 4.83. The molecule has 1 fully saturated rings. The van der Waals surface area contributed by atoms with Crippen molar-refractivity contribution >= 4 is 5.78 Å². The number of carbonyl (C=O) groups is 1. The van der Waals surface area contributed by atoms with Gasteiger partial charge in [0.15, 0.2) is 12.1 Å². The van der Waals surface area contributed by atoms with E-state index in [1.807, 2.05) is 6.07 Å². The average Bonchev–Trinajstić information content (AvgIpc) is 2.88. The van der Waals surface area contributed by atoms with Crippen molar-refractivity contribution in [2.24, 2.45) is 0 Å². The Hall–Kier alpha value is -2.91. The van der Waals surface area contributed by atoms with Crippen LogP contribution in [0.3, 0.4) is 0 Å². The predicted octanol–water partition coefficient (Wildman–Crippen LogP) is 1.91. The number of benzene rings is 3. The Morgan fingerprint density at radius 2 is 1.31 bits per heavy atom. The minimum atomic E-state index is -2.23. The van der Waals surface area contributed by atoms with Gasteiger partial charge in [-0.3, -0.25) is 4.79 Å². The number of carbonyl (C=O) groups excluding carboxylic acids is 1. The molecule has 184 valence electrons. The maximum Gasteiger partial charge on any atom is 0.194 e. The Bertz CT molecular complexity index is 1110. The third kappa shape index (κ3) is 4.92. The Kier molecular flexibility index (Phi) is 7.47. The molecule has 3 aromatic carbocycles. The lowest BCUT2D eigenvalue weighted by atomic mass is 9.69. The van der Waals surface area contributed by atoms with Gasteiger partial charge in [-0.15, -0.1) is 0 Å². The highest BCUT2D eigenvalue weighted by atomic mass is 16.7. The molecule has 1 aliphatic heterocycles. The van der Waals surface area contributed by atoms with Crippen molar-refractivity contribution in [3.63, 3.8) is 0 Å². The summed E-state index contributed by atoms with van der Waals surface area (Å²) in [4.78, 5) is 13.1. The lowest BCUT2D eigenvalue weighted by Gasteiger charge is -2.54. The van der Waals surface area contributed by atoms with Crippen molar-refractivity contribution in [3.05, 3.63) is 108 Å². The fourth-order valence-electron chi connectivity index (χ4n) is 4.83. The van der Waals surface area contributed by atoms with Gasteiger partial charge in [0, 0.05) is 25.5 Å². The van der Waals surface area contributed by atoms with E-state index in [4.69, 9.17) is 9.47 Å². The van der Waals surface area contributed by atoms with Crippen LogP contribution in [0.5, 0.6) is 0 Å². The zero-order chi connectivity index (χ0) is 25.1. The minimum Gasteiger partial charge on any atom is -0.387 e. The molecule has 1 heterocycles. The van der Waals surface area contributed by atoms with Crippen LogP contribution >= 0.6 is 0 Å². The highest BCUT2D eigenvalue weighted by molar-refractivity contribution is 5.99. The summed E-state index contributed by atoms with van der Waals surface area (Å²) in [5.41, 5.74) is -2.78. The highest BCUT2D eigenvalue weighted by Gasteiger charge is 2.64. The van der Waals surface area contributed by atoms with E-state index in [9.17, 15) is 25.2 Å². The van der Waals surface area contributed by atoms with Crippen molar-refractivity contribution in [3.8, 4) is 0 Å². The molecule has 4 N–H and O–H groups in total. The average molecular weight is 479 g/mol. The first-order valence-corrected chi connectivity index (χ1v) is 11.5. The van der Waals surface area contributed by atoms with Crippen molar-refractivity contribution < 1.29 is 34.7 Å². The van der Waals surface area contributed by atoms with E-state index in [-0.39, 0.29) is 18.4 Å².